The third kappa shape index (κ3) is 13.7. The van der Waals surface area contributed by atoms with E-state index in [1.165, 1.54) is 14.0 Å². The second-order valence-electron chi connectivity index (χ2n) is 23.8. The van der Waals surface area contributed by atoms with Crippen LogP contribution < -0.4 is 0 Å². The van der Waals surface area contributed by atoms with Gasteiger partial charge in [-0.3, -0.25) is 38.4 Å². The van der Waals surface area contributed by atoms with Crippen molar-refractivity contribution >= 4 is 60.0 Å². The third-order valence-electron chi connectivity index (χ3n) is 18.5. The number of rotatable bonds is 19. The van der Waals surface area contributed by atoms with Crippen LogP contribution in [0.2, 0.25) is 0 Å². The zero-order valence-corrected chi connectivity index (χ0v) is 49.7. The Bertz CT molecular complexity index is 2570. The average molecular weight is 1210 g/mol. The molecule has 0 radical (unpaired) electrons. The maximum absolute atomic E-state index is 13.6. The molecule has 27 nitrogen and oxygen atoms in total. The molecule has 27 heteroatoms. The number of cyclic esters (lactones) is 1. The molecule has 0 amide bonds. The summed E-state index contributed by atoms with van der Waals surface area (Å²) >= 11 is 0. The molecule has 0 aromatic rings. The molecule has 474 valence electrons. The fourth-order valence-corrected chi connectivity index (χ4v) is 15.2. The van der Waals surface area contributed by atoms with Gasteiger partial charge in [-0.25, -0.2) is 4.79 Å². The molecule has 4 saturated carbocycles. The first-order valence-corrected chi connectivity index (χ1v) is 28.9. The molecule has 3 saturated heterocycles. The Morgan fingerprint density at radius 2 is 1.09 bits per heavy atom. The number of fused-ring (bicyclic) bond motifs is 5. The third-order valence-corrected chi connectivity index (χ3v) is 18.5. The maximum atomic E-state index is 13.6. The number of methoxy groups -OCH3 is 1. The van der Waals surface area contributed by atoms with Crippen molar-refractivity contribution in [3.8, 4) is 0 Å². The summed E-state index contributed by atoms with van der Waals surface area (Å²) in [6.07, 6.45) is -15.3. The molecule has 85 heavy (non-hydrogen) atoms. The number of esters is 9. The Morgan fingerprint density at radius 1 is 0.576 bits per heavy atom. The molecule has 0 aromatic carbocycles. The molecular formula is C58H80O27. The number of aliphatic hydroxyl groups is 1. The van der Waals surface area contributed by atoms with Crippen LogP contribution >= 0.6 is 0 Å². The summed E-state index contributed by atoms with van der Waals surface area (Å²) in [5.74, 6) is -7.76. The van der Waals surface area contributed by atoms with E-state index in [1.807, 2.05) is 0 Å². The lowest BCUT2D eigenvalue weighted by Crippen LogP contribution is -2.67. The van der Waals surface area contributed by atoms with Gasteiger partial charge in [0.1, 0.15) is 43.9 Å². The molecule has 23 atom stereocenters. The van der Waals surface area contributed by atoms with Gasteiger partial charge in [-0.15, -0.1) is 0 Å². The number of carbonyl (C=O) groups excluding carboxylic acids is 10. The van der Waals surface area contributed by atoms with E-state index in [0.29, 0.717) is 51.4 Å². The predicted molar refractivity (Wildman–Crippen MR) is 280 cm³/mol. The summed E-state index contributed by atoms with van der Waals surface area (Å²) in [6, 6.07) is 0. The van der Waals surface area contributed by atoms with Gasteiger partial charge in [0.15, 0.2) is 61.6 Å². The highest BCUT2D eigenvalue weighted by atomic mass is 16.8. The molecule has 4 heterocycles. The van der Waals surface area contributed by atoms with Crippen LogP contribution in [0.25, 0.3) is 0 Å². The van der Waals surface area contributed by atoms with Gasteiger partial charge in [0.25, 0.3) is 0 Å². The highest BCUT2D eigenvalue weighted by Crippen LogP contribution is 2.70. The van der Waals surface area contributed by atoms with Gasteiger partial charge in [0.05, 0.1) is 24.4 Å². The van der Waals surface area contributed by atoms with Crippen LogP contribution in [0.15, 0.2) is 11.6 Å². The monoisotopic (exact) mass is 1210 g/mol. The summed E-state index contributed by atoms with van der Waals surface area (Å²) < 4.78 is 95.1. The van der Waals surface area contributed by atoms with E-state index in [2.05, 4.69) is 6.92 Å². The van der Waals surface area contributed by atoms with Gasteiger partial charge >= 0.3 is 53.7 Å². The lowest BCUT2D eigenvalue weighted by molar-refractivity contribution is -0.368. The van der Waals surface area contributed by atoms with Gasteiger partial charge < -0.3 is 85.7 Å². The van der Waals surface area contributed by atoms with Crippen LogP contribution in [0.4, 0.5) is 0 Å². The minimum atomic E-state index is -1.80. The molecule has 4 aliphatic heterocycles. The van der Waals surface area contributed by atoms with E-state index in [0.717, 1.165) is 66.7 Å². The Hall–Kier alpha value is -5.68. The number of hydrogen-bond acceptors (Lipinski definition) is 27. The standard InChI is InChI=1S/C58H80O27/c1-26-44(47(70-11)50(79-32(7)65)54(74-26)82-37-14-18-57(25-59)36(21-37)12-13-40-39(57)15-17-56(10)38(16-19-58(40,56)69)35-20-43(68)72-22-35)85-55-52(81-34(9)67)49(78-31(6)64)46(76-29(4)62)42(84-55)24-73-53-51(80-33(8)66)48(77-30(5)63)45(75-28(3)61)41(83-53)23-71-27(2)60/h20,25-26,36-42,44-55,69H,12-19,21-24H2,1-11H3/t26-,36+,37-,38+,39-,40+,41+,42+,44-,45+,46+,47+,48-,49-,50-,51+,52+,53+,54-,55-,56+,57+,58-/m0/s1. The van der Waals surface area contributed by atoms with Crippen LogP contribution in [0, 0.1) is 34.5 Å². The Morgan fingerprint density at radius 3 is 1.62 bits per heavy atom. The van der Waals surface area contributed by atoms with Crippen LogP contribution in [-0.4, -0.2) is 196 Å². The van der Waals surface area contributed by atoms with E-state index in [-0.39, 0.29) is 36.2 Å². The zero-order chi connectivity index (χ0) is 62.0. The summed E-state index contributed by atoms with van der Waals surface area (Å²) in [5.41, 5.74) is -1.37. The fraction of sp³-hybridized carbons (Fsp3) is 0.793. The minimum absolute atomic E-state index is 0.0123. The molecule has 8 rings (SSSR count). The van der Waals surface area contributed by atoms with Gasteiger partial charge in [-0.05, 0) is 94.0 Å². The first kappa shape index (κ1) is 65.3. The van der Waals surface area contributed by atoms with E-state index in [9.17, 15) is 53.1 Å². The lowest BCUT2D eigenvalue weighted by atomic mass is 9.43. The quantitative estimate of drug-likeness (QED) is 0.0840. The smallest absolute Gasteiger partial charge is 0.331 e. The molecular weight excluding hydrogens is 1130 g/mol. The summed E-state index contributed by atoms with van der Waals surface area (Å²) in [5, 5.41) is 12.8. The fourth-order valence-electron chi connectivity index (χ4n) is 15.2. The first-order valence-electron chi connectivity index (χ1n) is 28.9. The van der Waals surface area contributed by atoms with Crippen molar-refractivity contribution in [2.24, 2.45) is 34.5 Å². The SMILES string of the molecule is CO[C@H]1[C@H](OC(C)=O)[C@H](O[C@H]2CC[C@@]3(C=O)[C@H](CC[C@@H]4[C@@H]3CC[C@]3(C)[C@@H](C5=CC(=O)OC5)CC[C@]43O)C2)O[C@@H](C)[C@@H]1O[C@@H]1O[C@H](CO[C@@H]2O[C@H](COC(C)=O)[C@@H](OC(C)=O)[C@H](OC(C)=O)[C@H]2OC(C)=O)[C@@H](OC(C)=O)[C@H](OC(C)=O)[C@H]1OC(C)=O. The van der Waals surface area contributed by atoms with Gasteiger partial charge in [0.2, 0.25) is 0 Å². The topological polar surface area (TPSA) is 339 Å². The van der Waals surface area contributed by atoms with Crippen molar-refractivity contribution in [3.63, 3.8) is 0 Å². The second-order valence-corrected chi connectivity index (χ2v) is 23.8. The normalized spacial score (nSPS) is 41.1. The Balaban J connectivity index is 1.04. The largest absolute Gasteiger partial charge is 0.463 e. The zero-order valence-electron chi connectivity index (χ0n) is 49.7. The summed E-state index contributed by atoms with van der Waals surface area (Å²) in [4.78, 5) is 127. The highest BCUT2D eigenvalue weighted by molar-refractivity contribution is 5.85. The number of carbonyl (C=O) groups is 10. The lowest BCUT2D eigenvalue weighted by Gasteiger charge is -2.63. The molecule has 0 bridgehead atoms. The van der Waals surface area contributed by atoms with Crippen LogP contribution in [0.3, 0.4) is 0 Å². The van der Waals surface area contributed by atoms with Crippen molar-refractivity contribution < 1.29 is 129 Å². The molecule has 7 fully saturated rings. The maximum Gasteiger partial charge on any atom is 0.331 e. The van der Waals surface area contributed by atoms with Crippen LogP contribution in [-0.2, 0) is 124 Å². The van der Waals surface area contributed by atoms with Crippen molar-refractivity contribution in [1.82, 2.24) is 0 Å². The second kappa shape index (κ2) is 26.7. The van der Waals surface area contributed by atoms with Gasteiger partial charge in [-0.2, -0.15) is 0 Å². The molecule has 0 spiro atoms. The van der Waals surface area contributed by atoms with Crippen LogP contribution in [0.5, 0.6) is 0 Å². The van der Waals surface area contributed by atoms with E-state index >= 15 is 0 Å². The van der Waals surface area contributed by atoms with E-state index < -0.39 is 176 Å². The average Bonchev–Trinajstić information content (AvgIpc) is 1.69. The first-order chi connectivity index (χ1) is 40.1. The molecule has 1 N–H and O–H groups in total. The van der Waals surface area contributed by atoms with E-state index in [4.69, 9.17) is 75.8 Å². The Labute approximate surface area is 491 Å². The van der Waals surface area contributed by atoms with Gasteiger partial charge in [0, 0.05) is 79.4 Å². The molecule has 0 aromatic heterocycles. The number of hydrogen-bond donors (Lipinski definition) is 1. The van der Waals surface area contributed by atoms with Crippen molar-refractivity contribution in [3.05, 3.63) is 11.6 Å². The molecule has 0 unspecified atom stereocenters. The predicted octanol–water partition coefficient (Wildman–Crippen LogP) is 2.50. The van der Waals surface area contributed by atoms with Gasteiger partial charge in [-0.1, -0.05) is 6.92 Å². The number of aldehydes is 1. The van der Waals surface area contributed by atoms with Crippen LogP contribution in [0.1, 0.15) is 127 Å². The number of ether oxygens (including phenoxy) is 16. The van der Waals surface area contributed by atoms with Crippen molar-refractivity contribution in [1.29, 1.82) is 0 Å². The summed E-state index contributed by atoms with van der Waals surface area (Å²) in [7, 11) is 1.32. The van der Waals surface area contributed by atoms with Crippen molar-refractivity contribution in [2.75, 3.05) is 26.9 Å². The molecule has 8 aliphatic rings. The summed E-state index contributed by atoms with van der Waals surface area (Å²) in [6.45, 7) is 11.1. The minimum Gasteiger partial charge on any atom is -0.463 e. The highest BCUT2D eigenvalue weighted by Gasteiger charge is 2.69. The molecule has 4 aliphatic carbocycles. The Kier molecular flexibility index (Phi) is 20.5. The van der Waals surface area contributed by atoms with Crippen molar-refractivity contribution in [2.45, 2.75) is 231 Å². The van der Waals surface area contributed by atoms with E-state index in [1.54, 1.807) is 13.0 Å².